The molecular weight excluding hydrogens is 452 g/mol. The average Bonchev–Trinajstić information content (AvgIpc) is 2.83. The van der Waals surface area contributed by atoms with E-state index in [9.17, 15) is 5.11 Å². The number of aliphatic hydroxyl groups is 1. The van der Waals surface area contributed by atoms with Crippen LogP contribution in [0, 0.1) is 11.8 Å². The molecule has 0 radical (unpaired) electrons. The summed E-state index contributed by atoms with van der Waals surface area (Å²) in [6, 6.07) is 21.0. The van der Waals surface area contributed by atoms with E-state index < -0.39 is 14.4 Å². The molecule has 2 heterocycles. The van der Waals surface area contributed by atoms with E-state index in [2.05, 4.69) is 87.7 Å². The van der Waals surface area contributed by atoms with Crippen LogP contribution in [0.3, 0.4) is 0 Å². The largest absolute Gasteiger partial charge is 0.405 e. The van der Waals surface area contributed by atoms with Gasteiger partial charge in [0.2, 0.25) is 0 Å². The minimum atomic E-state index is -2.71. The highest BCUT2D eigenvalue weighted by atomic mass is 28.4. The smallest absolute Gasteiger partial charge is 0.261 e. The SMILES string of the molecule is C=C1C#C[C@@H](C[C@H](O)CO[Si](c2ccccc2)(c2ccccc2)C(C)(C)C)O[C@H]2CCCO[C@@H]2C1. The second-order valence-electron chi connectivity index (χ2n) is 10.7. The molecule has 2 aromatic carbocycles. The molecule has 4 rings (SSSR count). The number of aliphatic hydroxyl groups excluding tert-OH is 1. The van der Waals surface area contributed by atoms with Gasteiger partial charge in [0.15, 0.2) is 0 Å². The predicted molar refractivity (Wildman–Crippen MR) is 143 cm³/mol. The van der Waals surface area contributed by atoms with Gasteiger partial charge in [-0.05, 0) is 33.8 Å². The molecule has 1 N–H and O–H groups in total. The van der Waals surface area contributed by atoms with Gasteiger partial charge in [-0.25, -0.2) is 0 Å². The summed E-state index contributed by atoms with van der Waals surface area (Å²) < 4.78 is 19.2. The highest BCUT2D eigenvalue weighted by Crippen LogP contribution is 2.37. The zero-order valence-electron chi connectivity index (χ0n) is 21.2. The summed E-state index contributed by atoms with van der Waals surface area (Å²) in [6.07, 6.45) is 1.94. The number of hydrogen-bond donors (Lipinski definition) is 1. The van der Waals surface area contributed by atoms with Gasteiger partial charge in [-0.15, -0.1) is 0 Å². The molecule has 2 aliphatic rings. The summed E-state index contributed by atoms with van der Waals surface area (Å²) in [4.78, 5) is 0. The summed E-state index contributed by atoms with van der Waals surface area (Å²) in [5.74, 6) is 6.32. The van der Waals surface area contributed by atoms with Gasteiger partial charge in [0, 0.05) is 19.4 Å². The zero-order chi connectivity index (χ0) is 24.9. The van der Waals surface area contributed by atoms with Crippen molar-refractivity contribution in [3.8, 4) is 11.8 Å². The predicted octanol–water partition coefficient (Wildman–Crippen LogP) is 4.21. The fraction of sp³-hybridized carbons (Fsp3) is 0.467. The van der Waals surface area contributed by atoms with Crippen molar-refractivity contribution in [3.05, 3.63) is 72.8 Å². The Hall–Kier alpha value is -2.20. The Kier molecular flexibility index (Phi) is 8.31. The monoisotopic (exact) mass is 490 g/mol. The van der Waals surface area contributed by atoms with Gasteiger partial charge in [0.1, 0.15) is 6.10 Å². The van der Waals surface area contributed by atoms with Gasteiger partial charge in [-0.2, -0.15) is 0 Å². The first-order chi connectivity index (χ1) is 16.8. The topological polar surface area (TPSA) is 47.9 Å². The van der Waals surface area contributed by atoms with Gasteiger partial charge in [-0.3, -0.25) is 0 Å². The van der Waals surface area contributed by atoms with Crippen LogP contribution in [0.4, 0.5) is 0 Å². The Balaban J connectivity index is 1.55. The van der Waals surface area contributed by atoms with Crippen LogP contribution in [0.5, 0.6) is 0 Å². The molecule has 186 valence electrons. The number of rotatable bonds is 7. The van der Waals surface area contributed by atoms with Crippen LogP contribution in [0.2, 0.25) is 5.04 Å². The maximum absolute atomic E-state index is 11.1. The van der Waals surface area contributed by atoms with E-state index >= 15 is 0 Å². The van der Waals surface area contributed by atoms with Gasteiger partial charge in [0.25, 0.3) is 8.32 Å². The van der Waals surface area contributed by atoms with E-state index in [-0.39, 0.29) is 30.0 Å². The van der Waals surface area contributed by atoms with Crippen LogP contribution in [0.25, 0.3) is 0 Å². The van der Waals surface area contributed by atoms with E-state index in [1.807, 2.05) is 12.1 Å². The van der Waals surface area contributed by atoms with E-state index in [0.717, 1.165) is 25.0 Å². The molecule has 0 aliphatic carbocycles. The van der Waals surface area contributed by atoms with Crippen LogP contribution < -0.4 is 10.4 Å². The molecule has 0 unspecified atom stereocenters. The average molecular weight is 491 g/mol. The van der Waals surface area contributed by atoms with E-state index in [4.69, 9.17) is 13.9 Å². The summed E-state index contributed by atoms with van der Waals surface area (Å²) in [7, 11) is -2.71. The molecule has 0 amide bonds. The first kappa shape index (κ1) is 25.9. The van der Waals surface area contributed by atoms with Crippen LogP contribution in [-0.2, 0) is 13.9 Å². The zero-order valence-corrected chi connectivity index (χ0v) is 22.2. The van der Waals surface area contributed by atoms with Crippen LogP contribution in [0.1, 0.15) is 46.5 Å². The maximum atomic E-state index is 11.1. The van der Waals surface area contributed by atoms with Crippen molar-refractivity contribution in [2.24, 2.45) is 0 Å². The molecule has 1 saturated heterocycles. The Morgan fingerprint density at radius 2 is 1.69 bits per heavy atom. The molecule has 5 heteroatoms. The molecule has 0 aromatic heterocycles. The lowest BCUT2D eigenvalue weighted by atomic mass is 9.97. The minimum Gasteiger partial charge on any atom is -0.405 e. The third-order valence-corrected chi connectivity index (χ3v) is 12.0. The number of ether oxygens (including phenoxy) is 2. The Morgan fingerprint density at radius 1 is 1.06 bits per heavy atom. The standard InChI is InChI=1S/C30H38O4Si/c1-23-17-18-25(34-28-16-11-19-32-29(28)20-23)21-24(31)22-33-35(30(2,3)4,26-12-7-5-8-13-26)27-14-9-6-10-15-27/h5-10,12-15,24-25,28-29,31H,1,11,16,19-22H2,2-4H3/t24-,25-,28-,29+/m0/s1. The summed E-state index contributed by atoms with van der Waals surface area (Å²) in [5, 5.41) is 13.4. The first-order valence-electron chi connectivity index (χ1n) is 12.7. The van der Waals surface area contributed by atoms with Crippen LogP contribution in [0.15, 0.2) is 72.8 Å². The molecule has 0 bridgehead atoms. The van der Waals surface area contributed by atoms with Crippen molar-refractivity contribution >= 4 is 18.7 Å². The van der Waals surface area contributed by atoms with Gasteiger partial charge >= 0.3 is 0 Å². The summed E-state index contributed by atoms with van der Waals surface area (Å²) in [5.41, 5.74) is 0.869. The van der Waals surface area contributed by atoms with Crippen molar-refractivity contribution in [2.75, 3.05) is 13.2 Å². The van der Waals surface area contributed by atoms with Crippen molar-refractivity contribution in [2.45, 2.75) is 75.9 Å². The lowest BCUT2D eigenvalue weighted by molar-refractivity contribution is -0.124. The van der Waals surface area contributed by atoms with Crippen molar-refractivity contribution in [3.63, 3.8) is 0 Å². The second-order valence-corrected chi connectivity index (χ2v) is 15.0. The van der Waals surface area contributed by atoms with Crippen LogP contribution >= 0.6 is 0 Å². The second kappa shape index (κ2) is 11.2. The summed E-state index contributed by atoms with van der Waals surface area (Å²) in [6.45, 7) is 11.8. The van der Waals surface area contributed by atoms with E-state index in [0.29, 0.717) is 12.8 Å². The highest BCUT2D eigenvalue weighted by Gasteiger charge is 2.50. The molecule has 35 heavy (non-hydrogen) atoms. The summed E-state index contributed by atoms with van der Waals surface area (Å²) >= 11 is 0. The highest BCUT2D eigenvalue weighted by molar-refractivity contribution is 6.99. The molecular formula is C30H38O4Si. The van der Waals surface area contributed by atoms with E-state index in [1.54, 1.807) is 0 Å². The molecule has 0 spiro atoms. The number of benzene rings is 2. The van der Waals surface area contributed by atoms with Gasteiger partial charge in [0.05, 0.1) is 24.9 Å². The van der Waals surface area contributed by atoms with Crippen LogP contribution in [-0.4, -0.2) is 51.1 Å². The fourth-order valence-electron chi connectivity index (χ4n) is 5.29. The molecule has 4 nitrogen and oxygen atoms in total. The third kappa shape index (κ3) is 5.96. The van der Waals surface area contributed by atoms with Gasteiger partial charge < -0.3 is 19.0 Å². The Morgan fingerprint density at radius 3 is 2.29 bits per heavy atom. The lowest BCUT2D eigenvalue weighted by Crippen LogP contribution is -2.67. The van der Waals surface area contributed by atoms with Crippen molar-refractivity contribution in [1.82, 2.24) is 0 Å². The first-order valence-corrected chi connectivity index (χ1v) is 14.6. The Labute approximate surface area is 211 Å². The Bertz CT molecular complexity index is 995. The number of fused-ring (bicyclic) bond motifs is 1. The minimum absolute atomic E-state index is 0.00106. The molecule has 4 atom stereocenters. The molecule has 2 aliphatic heterocycles. The quantitative estimate of drug-likeness (QED) is 0.467. The lowest BCUT2D eigenvalue weighted by Gasteiger charge is -2.43. The number of hydrogen-bond acceptors (Lipinski definition) is 4. The molecule has 1 fully saturated rings. The van der Waals surface area contributed by atoms with Gasteiger partial charge in [-0.1, -0.05) is 99.9 Å². The van der Waals surface area contributed by atoms with Crippen molar-refractivity contribution < 1.29 is 19.0 Å². The van der Waals surface area contributed by atoms with Crippen molar-refractivity contribution in [1.29, 1.82) is 0 Å². The third-order valence-electron chi connectivity index (χ3n) is 6.97. The molecule has 2 aromatic rings. The normalized spacial score (nSPS) is 23.9. The fourth-order valence-corrected chi connectivity index (χ4v) is 9.89. The van der Waals surface area contributed by atoms with E-state index in [1.165, 1.54) is 10.4 Å². The maximum Gasteiger partial charge on any atom is 0.261 e. The molecule has 0 saturated carbocycles.